The molecule has 0 aliphatic carbocycles. The van der Waals surface area contributed by atoms with Crippen molar-refractivity contribution >= 4 is 22.8 Å². The summed E-state index contributed by atoms with van der Waals surface area (Å²) in [5.41, 5.74) is 3.04. The maximum atomic E-state index is 12.0. The Bertz CT molecular complexity index is 856. The molecule has 24 heavy (non-hydrogen) atoms. The molecule has 0 aliphatic heterocycles. The van der Waals surface area contributed by atoms with Crippen LogP contribution in [0.2, 0.25) is 0 Å². The van der Waals surface area contributed by atoms with Crippen molar-refractivity contribution in [1.29, 1.82) is 0 Å². The van der Waals surface area contributed by atoms with Crippen molar-refractivity contribution in [1.82, 2.24) is 15.3 Å². The molecule has 1 aromatic carbocycles. The predicted octanol–water partition coefficient (Wildman–Crippen LogP) is 3.91. The first-order valence-corrected chi connectivity index (χ1v) is 7.06. The monoisotopic (exact) mass is 334 g/mol. The van der Waals surface area contributed by atoms with E-state index in [2.05, 4.69) is 15.3 Å². The first-order chi connectivity index (χ1) is 11.4. The summed E-state index contributed by atoms with van der Waals surface area (Å²) < 4.78 is 36.1. The highest BCUT2D eigenvalue weighted by Crippen LogP contribution is 2.27. The van der Waals surface area contributed by atoms with Crippen LogP contribution in [-0.4, -0.2) is 28.7 Å². The van der Waals surface area contributed by atoms with E-state index in [1.807, 2.05) is 12.1 Å². The summed E-state index contributed by atoms with van der Waals surface area (Å²) in [7, 11) is 0. The predicted molar refractivity (Wildman–Crippen MR) is 84.6 cm³/mol. The summed E-state index contributed by atoms with van der Waals surface area (Å²) in [6.45, 7) is -1.38. The molecule has 2 heterocycles. The molecule has 124 valence electrons. The van der Waals surface area contributed by atoms with Gasteiger partial charge in [-0.3, -0.25) is 0 Å². The van der Waals surface area contributed by atoms with Crippen LogP contribution in [0, 0.1) is 0 Å². The lowest BCUT2D eigenvalue weighted by atomic mass is 10.0. The Labute approximate surface area is 134 Å². The number of H-pyrrole nitrogens is 1. The van der Waals surface area contributed by atoms with Gasteiger partial charge in [-0.1, -0.05) is 12.1 Å². The third-order valence-electron chi connectivity index (χ3n) is 3.36. The normalized spacial score (nSPS) is 11.5. The SMILES string of the molecule is O=C(NCC(F)(F)F)Nc1ccc(-c2ccnc3[nH]ccc23)cc1. The Balaban J connectivity index is 1.72. The van der Waals surface area contributed by atoms with Gasteiger partial charge in [0.1, 0.15) is 12.2 Å². The zero-order chi connectivity index (χ0) is 17.2. The second kappa shape index (κ2) is 6.23. The van der Waals surface area contributed by atoms with Gasteiger partial charge in [-0.2, -0.15) is 13.2 Å². The van der Waals surface area contributed by atoms with Crippen LogP contribution in [0.5, 0.6) is 0 Å². The van der Waals surface area contributed by atoms with Gasteiger partial charge in [0.05, 0.1) is 0 Å². The molecule has 3 aromatic rings. The number of alkyl halides is 3. The van der Waals surface area contributed by atoms with Crippen LogP contribution >= 0.6 is 0 Å². The third kappa shape index (κ3) is 3.65. The van der Waals surface area contributed by atoms with Crippen LogP contribution in [0.3, 0.4) is 0 Å². The zero-order valence-corrected chi connectivity index (χ0v) is 12.3. The summed E-state index contributed by atoms with van der Waals surface area (Å²) in [6, 6.07) is 9.69. The quantitative estimate of drug-likeness (QED) is 0.679. The molecule has 0 fully saturated rings. The van der Waals surface area contributed by atoms with Crippen LogP contribution in [0.15, 0.2) is 48.8 Å². The summed E-state index contributed by atoms with van der Waals surface area (Å²) in [5, 5.41) is 5.07. The molecule has 0 aliphatic rings. The summed E-state index contributed by atoms with van der Waals surface area (Å²) in [5.74, 6) is 0. The number of fused-ring (bicyclic) bond motifs is 1. The van der Waals surface area contributed by atoms with Crippen molar-refractivity contribution in [3.05, 3.63) is 48.8 Å². The number of pyridine rings is 1. The Morgan fingerprint density at radius 1 is 1.12 bits per heavy atom. The highest BCUT2D eigenvalue weighted by atomic mass is 19.4. The number of rotatable bonds is 3. The van der Waals surface area contributed by atoms with Gasteiger partial charge in [0.25, 0.3) is 0 Å². The number of amides is 2. The number of benzene rings is 1. The van der Waals surface area contributed by atoms with Gasteiger partial charge in [0, 0.05) is 23.5 Å². The van der Waals surface area contributed by atoms with Crippen LogP contribution in [-0.2, 0) is 0 Å². The number of carbonyl (C=O) groups is 1. The topological polar surface area (TPSA) is 69.8 Å². The van der Waals surface area contributed by atoms with Gasteiger partial charge in [-0.05, 0) is 35.4 Å². The Morgan fingerprint density at radius 3 is 2.58 bits per heavy atom. The molecular formula is C16H13F3N4O. The summed E-state index contributed by atoms with van der Waals surface area (Å²) in [6.07, 6.45) is -0.961. The smallest absolute Gasteiger partial charge is 0.346 e. The number of nitrogens with one attached hydrogen (secondary N) is 3. The van der Waals surface area contributed by atoms with Gasteiger partial charge >= 0.3 is 12.2 Å². The van der Waals surface area contributed by atoms with E-state index in [-0.39, 0.29) is 0 Å². The highest BCUT2D eigenvalue weighted by molar-refractivity contribution is 5.94. The summed E-state index contributed by atoms with van der Waals surface area (Å²) in [4.78, 5) is 18.7. The minimum atomic E-state index is -4.44. The number of hydrogen-bond acceptors (Lipinski definition) is 2. The largest absolute Gasteiger partial charge is 0.405 e. The molecule has 0 unspecified atom stereocenters. The van der Waals surface area contributed by atoms with Gasteiger partial charge in [-0.15, -0.1) is 0 Å². The lowest BCUT2D eigenvalue weighted by Crippen LogP contribution is -2.36. The van der Waals surface area contributed by atoms with Gasteiger partial charge in [0.2, 0.25) is 0 Å². The number of anilines is 1. The lowest BCUT2D eigenvalue weighted by Gasteiger charge is -2.10. The molecule has 2 amide bonds. The number of carbonyl (C=O) groups excluding carboxylic acids is 1. The third-order valence-corrected chi connectivity index (χ3v) is 3.36. The van der Waals surface area contributed by atoms with Crippen molar-refractivity contribution in [2.75, 3.05) is 11.9 Å². The maximum absolute atomic E-state index is 12.0. The number of aromatic nitrogens is 2. The number of urea groups is 1. The van der Waals surface area contributed by atoms with E-state index in [0.717, 1.165) is 22.2 Å². The first kappa shape index (κ1) is 15.9. The average Bonchev–Trinajstić information content (AvgIpc) is 3.02. The standard InChI is InChI=1S/C16H13F3N4O/c17-16(18,19)9-22-15(24)23-11-3-1-10(2-4-11)12-5-7-20-14-13(12)6-8-21-14/h1-8H,9H2,(H,20,21)(H2,22,23,24). The number of aromatic amines is 1. The lowest BCUT2D eigenvalue weighted by molar-refractivity contribution is -0.122. The molecule has 0 spiro atoms. The van der Waals surface area contributed by atoms with Crippen molar-refractivity contribution in [2.24, 2.45) is 0 Å². The Morgan fingerprint density at radius 2 is 1.88 bits per heavy atom. The second-order valence-electron chi connectivity index (χ2n) is 5.10. The molecule has 0 bridgehead atoms. The van der Waals surface area contributed by atoms with E-state index in [4.69, 9.17) is 0 Å². The minimum absolute atomic E-state index is 0.401. The summed E-state index contributed by atoms with van der Waals surface area (Å²) >= 11 is 0. The molecule has 5 nitrogen and oxygen atoms in total. The van der Waals surface area contributed by atoms with Gasteiger partial charge in [-0.25, -0.2) is 9.78 Å². The number of hydrogen-bond donors (Lipinski definition) is 3. The van der Waals surface area contributed by atoms with Crippen molar-refractivity contribution in [3.8, 4) is 11.1 Å². The van der Waals surface area contributed by atoms with E-state index in [0.29, 0.717) is 5.69 Å². The molecule has 0 saturated carbocycles. The van der Waals surface area contributed by atoms with Crippen LogP contribution < -0.4 is 10.6 Å². The maximum Gasteiger partial charge on any atom is 0.405 e. The number of halogens is 3. The van der Waals surface area contributed by atoms with E-state index < -0.39 is 18.8 Å². The molecule has 8 heteroatoms. The Hall–Kier alpha value is -3.03. The molecule has 0 radical (unpaired) electrons. The highest BCUT2D eigenvalue weighted by Gasteiger charge is 2.27. The molecule has 3 rings (SSSR count). The average molecular weight is 334 g/mol. The second-order valence-corrected chi connectivity index (χ2v) is 5.10. The van der Waals surface area contributed by atoms with Crippen molar-refractivity contribution in [2.45, 2.75) is 6.18 Å². The molecular weight excluding hydrogens is 321 g/mol. The fourth-order valence-corrected chi connectivity index (χ4v) is 2.30. The zero-order valence-electron chi connectivity index (χ0n) is 12.3. The molecule has 0 saturated heterocycles. The van der Waals surface area contributed by atoms with Crippen LogP contribution in [0.25, 0.3) is 22.2 Å². The molecule has 2 aromatic heterocycles. The minimum Gasteiger partial charge on any atom is -0.346 e. The van der Waals surface area contributed by atoms with Crippen LogP contribution in [0.4, 0.5) is 23.7 Å². The van der Waals surface area contributed by atoms with Gasteiger partial charge in [0.15, 0.2) is 0 Å². The van der Waals surface area contributed by atoms with Crippen molar-refractivity contribution < 1.29 is 18.0 Å². The fourth-order valence-electron chi connectivity index (χ4n) is 2.30. The fraction of sp³-hybridized carbons (Fsp3) is 0.125. The number of nitrogens with zero attached hydrogens (tertiary/aromatic N) is 1. The molecule has 3 N–H and O–H groups in total. The van der Waals surface area contributed by atoms with Crippen LogP contribution in [0.1, 0.15) is 0 Å². The van der Waals surface area contributed by atoms with E-state index in [9.17, 15) is 18.0 Å². The van der Waals surface area contributed by atoms with Crippen molar-refractivity contribution in [3.63, 3.8) is 0 Å². The van der Waals surface area contributed by atoms with E-state index in [1.165, 1.54) is 0 Å². The first-order valence-electron chi connectivity index (χ1n) is 7.06. The molecule has 0 atom stereocenters. The Kier molecular flexibility index (Phi) is 4.11. The van der Waals surface area contributed by atoms with E-state index >= 15 is 0 Å². The van der Waals surface area contributed by atoms with Gasteiger partial charge < -0.3 is 15.6 Å². The van der Waals surface area contributed by atoms with E-state index in [1.54, 1.807) is 42.0 Å².